The van der Waals surface area contributed by atoms with E-state index in [0.29, 0.717) is 5.69 Å². The number of primary amides is 1. The molecule has 0 aliphatic carbocycles. The molecule has 0 aromatic heterocycles. The van der Waals surface area contributed by atoms with E-state index in [9.17, 15) is 9.59 Å². The van der Waals surface area contributed by atoms with Crippen molar-refractivity contribution < 1.29 is 14.3 Å². The monoisotopic (exact) mass is 178 g/mol. The van der Waals surface area contributed by atoms with Gasteiger partial charge in [0.05, 0.1) is 5.69 Å². The van der Waals surface area contributed by atoms with Crippen molar-refractivity contribution in [1.82, 2.24) is 0 Å². The van der Waals surface area contributed by atoms with Gasteiger partial charge in [-0.1, -0.05) is 6.07 Å². The lowest BCUT2D eigenvalue weighted by molar-refractivity contribution is 0.211. The first kappa shape index (κ1) is 8.96. The van der Waals surface area contributed by atoms with Gasteiger partial charge in [-0.2, -0.15) is 4.99 Å². The number of carbonyl (C=O) groups excluding carboxylic acids is 2. The summed E-state index contributed by atoms with van der Waals surface area (Å²) in [6, 6.07) is 6.07. The highest BCUT2D eigenvalue weighted by Crippen LogP contribution is 2.18. The van der Waals surface area contributed by atoms with Gasteiger partial charge in [-0.3, -0.25) is 0 Å². The summed E-state index contributed by atoms with van der Waals surface area (Å²) in [5, 5.41) is 0. The molecular weight excluding hydrogens is 172 g/mol. The molecular formula is C8H6N2O3. The van der Waals surface area contributed by atoms with Gasteiger partial charge in [0, 0.05) is 6.07 Å². The first-order chi connectivity index (χ1) is 6.22. The van der Waals surface area contributed by atoms with Crippen molar-refractivity contribution in [2.24, 2.45) is 10.7 Å². The zero-order valence-corrected chi connectivity index (χ0v) is 6.56. The van der Waals surface area contributed by atoms with Gasteiger partial charge in [0.25, 0.3) is 0 Å². The fraction of sp³-hybridized carbons (Fsp3) is 0. The summed E-state index contributed by atoms with van der Waals surface area (Å²) in [6.45, 7) is 0. The Hall–Kier alpha value is -2.13. The molecule has 0 fully saturated rings. The van der Waals surface area contributed by atoms with Crippen LogP contribution in [0.15, 0.2) is 29.3 Å². The number of benzene rings is 1. The van der Waals surface area contributed by atoms with E-state index in [4.69, 9.17) is 5.73 Å². The molecule has 0 spiro atoms. The standard InChI is InChI=1S/C8H6N2O3/c9-8(12)13-7-3-1-2-6(4-7)10-5-11/h1-4H,(H2,9,12). The van der Waals surface area contributed by atoms with Gasteiger partial charge in [-0.05, 0) is 12.1 Å². The molecule has 0 aliphatic rings. The average Bonchev–Trinajstić information content (AvgIpc) is 2.04. The molecule has 5 nitrogen and oxygen atoms in total. The Labute approximate surface area is 73.8 Å². The number of nitrogens with zero attached hydrogens (tertiary/aromatic N) is 1. The van der Waals surface area contributed by atoms with Crippen molar-refractivity contribution >= 4 is 17.9 Å². The summed E-state index contributed by atoms with van der Waals surface area (Å²) < 4.78 is 4.55. The highest BCUT2D eigenvalue weighted by Gasteiger charge is 1.98. The highest BCUT2D eigenvalue weighted by molar-refractivity contribution is 5.68. The molecule has 0 atom stereocenters. The molecule has 0 unspecified atom stereocenters. The Morgan fingerprint density at radius 1 is 1.54 bits per heavy atom. The van der Waals surface area contributed by atoms with Crippen LogP contribution in [0.1, 0.15) is 0 Å². The highest BCUT2D eigenvalue weighted by atomic mass is 16.5. The van der Waals surface area contributed by atoms with Crippen LogP contribution in [0.4, 0.5) is 10.5 Å². The maximum atomic E-state index is 10.3. The predicted molar refractivity (Wildman–Crippen MR) is 44.4 cm³/mol. The third-order valence-corrected chi connectivity index (χ3v) is 1.21. The second-order valence-corrected chi connectivity index (χ2v) is 2.12. The maximum Gasteiger partial charge on any atom is 0.409 e. The summed E-state index contributed by atoms with van der Waals surface area (Å²) >= 11 is 0. The zero-order valence-electron chi connectivity index (χ0n) is 6.56. The van der Waals surface area contributed by atoms with Crippen LogP contribution in [0.25, 0.3) is 0 Å². The fourth-order valence-electron chi connectivity index (χ4n) is 0.785. The minimum Gasteiger partial charge on any atom is -0.410 e. The number of aliphatic imine (C=N–C) groups is 1. The molecule has 0 radical (unpaired) electrons. The van der Waals surface area contributed by atoms with Crippen LogP contribution in [0.5, 0.6) is 5.75 Å². The second kappa shape index (κ2) is 4.04. The number of isocyanates is 1. The quantitative estimate of drug-likeness (QED) is 0.544. The van der Waals surface area contributed by atoms with E-state index >= 15 is 0 Å². The van der Waals surface area contributed by atoms with Gasteiger partial charge in [0.2, 0.25) is 6.08 Å². The third kappa shape index (κ3) is 2.76. The minimum atomic E-state index is -0.910. The number of nitrogens with two attached hydrogens (primary N) is 1. The number of amides is 1. The smallest absolute Gasteiger partial charge is 0.409 e. The van der Waals surface area contributed by atoms with E-state index in [2.05, 4.69) is 9.73 Å². The SMILES string of the molecule is NC(=O)Oc1cccc(N=C=O)c1. The Kier molecular flexibility index (Phi) is 2.78. The number of hydrogen-bond donors (Lipinski definition) is 1. The van der Waals surface area contributed by atoms with E-state index in [1.807, 2.05) is 0 Å². The first-order valence-electron chi connectivity index (χ1n) is 3.37. The summed E-state index contributed by atoms with van der Waals surface area (Å²) in [5.41, 5.74) is 5.13. The Bertz CT molecular complexity index is 369. The molecule has 13 heavy (non-hydrogen) atoms. The van der Waals surface area contributed by atoms with Gasteiger partial charge in [-0.25, -0.2) is 9.59 Å². The predicted octanol–water partition coefficient (Wildman–Crippen LogP) is 1.11. The van der Waals surface area contributed by atoms with Crippen LogP contribution < -0.4 is 10.5 Å². The molecule has 1 aromatic rings. The third-order valence-electron chi connectivity index (χ3n) is 1.21. The van der Waals surface area contributed by atoms with Crippen molar-refractivity contribution in [3.05, 3.63) is 24.3 Å². The average molecular weight is 178 g/mol. The van der Waals surface area contributed by atoms with Gasteiger partial charge in [-0.15, -0.1) is 0 Å². The molecule has 2 N–H and O–H groups in total. The van der Waals surface area contributed by atoms with Crippen LogP contribution in [-0.4, -0.2) is 12.2 Å². The second-order valence-electron chi connectivity index (χ2n) is 2.12. The molecule has 0 aliphatic heterocycles. The maximum absolute atomic E-state index is 10.3. The lowest BCUT2D eigenvalue weighted by Gasteiger charge is -1.99. The first-order valence-corrected chi connectivity index (χ1v) is 3.37. The van der Waals surface area contributed by atoms with Crippen LogP contribution in [0.3, 0.4) is 0 Å². The number of hydrogen-bond acceptors (Lipinski definition) is 4. The summed E-state index contributed by atoms with van der Waals surface area (Å²) in [4.78, 5) is 23.6. The van der Waals surface area contributed by atoms with Crippen molar-refractivity contribution in [3.8, 4) is 5.75 Å². The van der Waals surface area contributed by atoms with Crippen molar-refractivity contribution in [2.75, 3.05) is 0 Å². The van der Waals surface area contributed by atoms with Gasteiger partial charge in [0.1, 0.15) is 5.75 Å². The van der Waals surface area contributed by atoms with Crippen LogP contribution in [-0.2, 0) is 4.79 Å². The summed E-state index contributed by atoms with van der Waals surface area (Å²) in [6.07, 6.45) is 0.458. The molecule has 66 valence electrons. The van der Waals surface area contributed by atoms with E-state index in [1.54, 1.807) is 12.1 Å². The van der Waals surface area contributed by atoms with Gasteiger partial charge in [0.15, 0.2) is 0 Å². The lowest BCUT2D eigenvalue weighted by Crippen LogP contribution is -2.15. The number of ether oxygens (including phenoxy) is 1. The fourth-order valence-corrected chi connectivity index (χ4v) is 0.785. The topological polar surface area (TPSA) is 81.8 Å². The molecule has 0 saturated heterocycles. The van der Waals surface area contributed by atoms with Crippen molar-refractivity contribution in [2.45, 2.75) is 0 Å². The Balaban J connectivity index is 2.91. The summed E-state index contributed by atoms with van der Waals surface area (Å²) in [7, 11) is 0. The molecule has 1 rings (SSSR count). The van der Waals surface area contributed by atoms with Gasteiger partial charge < -0.3 is 10.5 Å². The molecule has 0 saturated carbocycles. The Morgan fingerprint density at radius 2 is 2.31 bits per heavy atom. The summed E-state index contributed by atoms with van der Waals surface area (Å²) in [5.74, 6) is 0.240. The number of rotatable bonds is 2. The van der Waals surface area contributed by atoms with Crippen LogP contribution in [0.2, 0.25) is 0 Å². The van der Waals surface area contributed by atoms with E-state index in [-0.39, 0.29) is 5.75 Å². The molecule has 0 heterocycles. The van der Waals surface area contributed by atoms with Crippen LogP contribution in [0, 0.1) is 0 Å². The zero-order chi connectivity index (χ0) is 9.68. The largest absolute Gasteiger partial charge is 0.410 e. The normalized spacial score (nSPS) is 8.62. The minimum absolute atomic E-state index is 0.240. The van der Waals surface area contributed by atoms with Gasteiger partial charge >= 0.3 is 6.09 Å². The molecule has 1 aromatic carbocycles. The molecule has 5 heteroatoms. The van der Waals surface area contributed by atoms with Crippen molar-refractivity contribution in [3.63, 3.8) is 0 Å². The molecule has 1 amide bonds. The van der Waals surface area contributed by atoms with Crippen LogP contribution >= 0.6 is 0 Å². The Morgan fingerprint density at radius 3 is 2.92 bits per heavy atom. The van der Waals surface area contributed by atoms with E-state index < -0.39 is 6.09 Å². The number of carbonyl (C=O) groups is 1. The van der Waals surface area contributed by atoms with E-state index in [0.717, 1.165) is 0 Å². The van der Waals surface area contributed by atoms with E-state index in [1.165, 1.54) is 18.2 Å². The lowest BCUT2D eigenvalue weighted by atomic mass is 10.3. The van der Waals surface area contributed by atoms with Crippen molar-refractivity contribution in [1.29, 1.82) is 0 Å². The molecule has 0 bridgehead atoms.